The molecule has 0 fully saturated rings. The smallest absolute Gasteiger partial charge is 0.355 e. The van der Waals surface area contributed by atoms with Crippen molar-refractivity contribution in [2.24, 2.45) is 0 Å². The Morgan fingerprint density at radius 1 is 1.32 bits per heavy atom. The molecule has 0 radical (unpaired) electrons. The van der Waals surface area contributed by atoms with Crippen molar-refractivity contribution in [1.82, 2.24) is 10.3 Å². The predicted octanol–water partition coefficient (Wildman–Crippen LogP) is 2.34. The highest BCUT2D eigenvalue weighted by atomic mass is 16.5. The third-order valence-electron chi connectivity index (χ3n) is 3.13. The molecule has 0 saturated heterocycles. The fourth-order valence-electron chi connectivity index (χ4n) is 1.90. The van der Waals surface area contributed by atoms with Gasteiger partial charge in [-0.15, -0.1) is 0 Å². The first-order valence-corrected chi connectivity index (χ1v) is 6.59. The Morgan fingerprint density at radius 2 is 1.95 bits per heavy atom. The summed E-state index contributed by atoms with van der Waals surface area (Å²) in [4.78, 5) is 26.8. The number of nitrogens with one attached hydrogen (secondary N) is 2. The number of carbonyl (C=O) groups is 2. The van der Waals surface area contributed by atoms with Gasteiger partial charge in [0.1, 0.15) is 5.69 Å². The molecule has 1 atom stereocenters. The van der Waals surface area contributed by atoms with E-state index >= 15 is 0 Å². The summed E-state index contributed by atoms with van der Waals surface area (Å²) in [6, 6.07) is 0.104. The second-order valence-corrected chi connectivity index (χ2v) is 4.63. The molecule has 0 aliphatic rings. The Labute approximate surface area is 113 Å². The van der Waals surface area contributed by atoms with Crippen LogP contribution in [0, 0.1) is 13.8 Å². The summed E-state index contributed by atoms with van der Waals surface area (Å²) < 4.78 is 4.96. The van der Waals surface area contributed by atoms with Crippen molar-refractivity contribution in [2.45, 2.75) is 47.1 Å². The quantitative estimate of drug-likeness (QED) is 0.803. The normalized spacial score (nSPS) is 12.1. The van der Waals surface area contributed by atoms with Crippen LogP contribution in [0.3, 0.4) is 0 Å². The number of hydrogen-bond donors (Lipinski definition) is 2. The zero-order chi connectivity index (χ0) is 14.6. The topological polar surface area (TPSA) is 71.2 Å². The maximum atomic E-state index is 12.2. The van der Waals surface area contributed by atoms with Crippen molar-refractivity contribution in [2.75, 3.05) is 6.61 Å². The Kier molecular flexibility index (Phi) is 5.15. The lowest BCUT2D eigenvalue weighted by Crippen LogP contribution is -2.32. The minimum absolute atomic E-state index is 0.104. The van der Waals surface area contributed by atoms with Crippen LogP contribution in [0.1, 0.15) is 59.3 Å². The number of hydrogen-bond acceptors (Lipinski definition) is 3. The highest BCUT2D eigenvalue weighted by molar-refractivity contribution is 6.01. The number of aryl methyl sites for hydroxylation is 1. The number of H-pyrrole nitrogens is 1. The summed E-state index contributed by atoms with van der Waals surface area (Å²) >= 11 is 0. The van der Waals surface area contributed by atoms with E-state index in [1.807, 2.05) is 13.8 Å². The average Bonchev–Trinajstić information content (AvgIpc) is 2.65. The Balaban J connectivity index is 3.03. The van der Waals surface area contributed by atoms with Crippen molar-refractivity contribution in [1.29, 1.82) is 0 Å². The SMILES string of the molecule is CCOC(=O)c1[nH]c(C)c(C(=O)N[C@@H](C)CC)c1C. The average molecular weight is 266 g/mol. The van der Waals surface area contributed by atoms with E-state index in [9.17, 15) is 9.59 Å². The van der Waals surface area contributed by atoms with Crippen molar-refractivity contribution in [3.63, 3.8) is 0 Å². The van der Waals surface area contributed by atoms with Gasteiger partial charge in [0.25, 0.3) is 5.91 Å². The molecule has 19 heavy (non-hydrogen) atoms. The molecular weight excluding hydrogens is 244 g/mol. The largest absolute Gasteiger partial charge is 0.461 e. The van der Waals surface area contributed by atoms with Gasteiger partial charge in [0.05, 0.1) is 12.2 Å². The Bertz CT molecular complexity index is 477. The third kappa shape index (κ3) is 3.36. The molecule has 5 heteroatoms. The van der Waals surface area contributed by atoms with Gasteiger partial charge in [-0.1, -0.05) is 6.92 Å². The number of aromatic nitrogens is 1. The van der Waals surface area contributed by atoms with E-state index in [2.05, 4.69) is 10.3 Å². The van der Waals surface area contributed by atoms with Gasteiger partial charge in [-0.25, -0.2) is 4.79 Å². The van der Waals surface area contributed by atoms with Gasteiger partial charge in [0.2, 0.25) is 0 Å². The monoisotopic (exact) mass is 266 g/mol. The van der Waals surface area contributed by atoms with E-state index in [0.29, 0.717) is 29.1 Å². The zero-order valence-electron chi connectivity index (χ0n) is 12.2. The van der Waals surface area contributed by atoms with Gasteiger partial charge in [-0.3, -0.25) is 4.79 Å². The molecule has 1 aromatic heterocycles. The van der Waals surface area contributed by atoms with Gasteiger partial charge in [0.15, 0.2) is 0 Å². The number of aromatic amines is 1. The highest BCUT2D eigenvalue weighted by Crippen LogP contribution is 2.19. The molecule has 106 valence electrons. The molecule has 0 aliphatic heterocycles. The molecule has 0 aliphatic carbocycles. The Morgan fingerprint density at radius 3 is 2.47 bits per heavy atom. The van der Waals surface area contributed by atoms with Crippen molar-refractivity contribution < 1.29 is 14.3 Å². The third-order valence-corrected chi connectivity index (χ3v) is 3.13. The predicted molar refractivity (Wildman–Crippen MR) is 73.4 cm³/mol. The van der Waals surface area contributed by atoms with E-state index < -0.39 is 5.97 Å². The molecule has 0 saturated carbocycles. The van der Waals surface area contributed by atoms with E-state index in [-0.39, 0.29) is 11.9 Å². The number of rotatable bonds is 5. The lowest BCUT2D eigenvalue weighted by molar-refractivity contribution is 0.0519. The van der Waals surface area contributed by atoms with E-state index in [4.69, 9.17) is 4.74 Å². The fourth-order valence-corrected chi connectivity index (χ4v) is 1.90. The van der Waals surface area contributed by atoms with Gasteiger partial charge >= 0.3 is 5.97 Å². The number of carbonyl (C=O) groups excluding carboxylic acids is 2. The second-order valence-electron chi connectivity index (χ2n) is 4.63. The minimum atomic E-state index is -0.425. The zero-order valence-corrected chi connectivity index (χ0v) is 12.2. The van der Waals surface area contributed by atoms with Gasteiger partial charge in [-0.2, -0.15) is 0 Å². The second kappa shape index (κ2) is 6.41. The van der Waals surface area contributed by atoms with Crippen LogP contribution in [0.2, 0.25) is 0 Å². The molecule has 0 unspecified atom stereocenters. The molecule has 0 aromatic carbocycles. The molecule has 1 amide bonds. The minimum Gasteiger partial charge on any atom is -0.461 e. The van der Waals surface area contributed by atoms with Crippen LogP contribution < -0.4 is 5.32 Å². The lowest BCUT2D eigenvalue weighted by Gasteiger charge is -2.11. The fraction of sp³-hybridized carbons (Fsp3) is 0.571. The van der Waals surface area contributed by atoms with Crippen LogP contribution in [0.4, 0.5) is 0 Å². The first-order valence-electron chi connectivity index (χ1n) is 6.59. The number of esters is 1. The summed E-state index contributed by atoms with van der Waals surface area (Å²) in [5.41, 5.74) is 2.20. The highest BCUT2D eigenvalue weighted by Gasteiger charge is 2.23. The molecule has 0 spiro atoms. The van der Waals surface area contributed by atoms with E-state index in [0.717, 1.165) is 6.42 Å². The van der Waals surface area contributed by atoms with Crippen molar-refractivity contribution in [3.8, 4) is 0 Å². The lowest BCUT2D eigenvalue weighted by atomic mass is 10.1. The van der Waals surface area contributed by atoms with Crippen LogP contribution in [-0.4, -0.2) is 29.5 Å². The summed E-state index contributed by atoms with van der Waals surface area (Å²) in [7, 11) is 0. The molecule has 2 N–H and O–H groups in total. The molecule has 0 bridgehead atoms. The van der Waals surface area contributed by atoms with Crippen molar-refractivity contribution >= 4 is 11.9 Å². The van der Waals surface area contributed by atoms with Crippen LogP contribution in [0.5, 0.6) is 0 Å². The molecule has 1 aromatic rings. The van der Waals surface area contributed by atoms with Crippen LogP contribution in [0.25, 0.3) is 0 Å². The standard InChI is InChI=1S/C14H22N2O3/c1-6-8(3)15-13(17)11-9(4)12(16-10(11)5)14(18)19-7-2/h8,16H,6-7H2,1-5H3,(H,15,17)/t8-/m0/s1. The summed E-state index contributed by atoms with van der Waals surface area (Å²) in [6.45, 7) is 9.54. The van der Waals surface area contributed by atoms with Gasteiger partial charge in [-0.05, 0) is 39.7 Å². The molecule has 1 heterocycles. The van der Waals surface area contributed by atoms with Crippen LogP contribution in [-0.2, 0) is 4.74 Å². The summed E-state index contributed by atoms with van der Waals surface area (Å²) in [6.07, 6.45) is 0.860. The molecular formula is C14H22N2O3. The van der Waals surface area contributed by atoms with Crippen molar-refractivity contribution in [3.05, 3.63) is 22.5 Å². The number of ether oxygens (including phenoxy) is 1. The van der Waals surface area contributed by atoms with Gasteiger partial charge < -0.3 is 15.0 Å². The maximum Gasteiger partial charge on any atom is 0.355 e. The molecule has 1 rings (SSSR count). The van der Waals surface area contributed by atoms with Crippen LogP contribution in [0.15, 0.2) is 0 Å². The van der Waals surface area contributed by atoms with E-state index in [1.54, 1.807) is 20.8 Å². The maximum absolute atomic E-state index is 12.2. The number of amides is 1. The summed E-state index contributed by atoms with van der Waals surface area (Å²) in [5, 5.41) is 2.90. The molecule has 5 nitrogen and oxygen atoms in total. The van der Waals surface area contributed by atoms with E-state index in [1.165, 1.54) is 0 Å². The first-order chi connectivity index (χ1) is 8.92. The van der Waals surface area contributed by atoms with Gasteiger partial charge in [0, 0.05) is 11.7 Å². The first kappa shape index (κ1) is 15.3. The summed E-state index contributed by atoms with van der Waals surface area (Å²) in [5.74, 6) is -0.582. The van der Waals surface area contributed by atoms with Crippen LogP contribution >= 0.6 is 0 Å². The Hall–Kier alpha value is -1.78.